The molecule has 1 rings (SSSR count). The van der Waals surface area contributed by atoms with Crippen molar-refractivity contribution in [3.8, 4) is 0 Å². The Balaban J connectivity index is 2.23. The minimum atomic E-state index is 0.114. The average molecular weight is 253 g/mol. The Labute approximate surface area is 109 Å². The van der Waals surface area contributed by atoms with Crippen LogP contribution in [0.2, 0.25) is 0 Å². The zero-order valence-electron chi connectivity index (χ0n) is 11.0. The van der Waals surface area contributed by atoms with E-state index in [4.69, 9.17) is 10.5 Å². The lowest BCUT2D eigenvalue weighted by molar-refractivity contribution is 0.124. The Morgan fingerprint density at radius 2 is 1.82 bits per heavy atom. The summed E-state index contributed by atoms with van der Waals surface area (Å²) in [4.78, 5) is 1.28. The third-order valence-electron chi connectivity index (χ3n) is 2.35. The summed E-state index contributed by atoms with van der Waals surface area (Å²) >= 11 is 1.83. The molecule has 1 unspecified atom stereocenters. The summed E-state index contributed by atoms with van der Waals surface area (Å²) in [5.74, 6) is 1.62. The highest BCUT2D eigenvalue weighted by Gasteiger charge is 2.00. The van der Waals surface area contributed by atoms with Crippen molar-refractivity contribution in [1.29, 1.82) is 0 Å². The zero-order valence-corrected chi connectivity index (χ0v) is 11.8. The van der Waals surface area contributed by atoms with Crippen LogP contribution in [0.1, 0.15) is 32.4 Å². The highest BCUT2D eigenvalue weighted by atomic mass is 32.2. The van der Waals surface area contributed by atoms with Crippen molar-refractivity contribution in [1.82, 2.24) is 0 Å². The van der Waals surface area contributed by atoms with Gasteiger partial charge in [-0.25, -0.2) is 0 Å². The molecule has 0 amide bonds. The van der Waals surface area contributed by atoms with Gasteiger partial charge in [0.1, 0.15) is 0 Å². The molecule has 0 saturated carbocycles. The third-order valence-corrected chi connectivity index (χ3v) is 3.33. The van der Waals surface area contributed by atoms with Crippen LogP contribution < -0.4 is 5.73 Å². The van der Waals surface area contributed by atoms with Crippen LogP contribution >= 0.6 is 11.8 Å². The summed E-state index contributed by atoms with van der Waals surface area (Å²) in [6.07, 6.45) is 0. The minimum Gasteiger partial charge on any atom is -0.380 e. The molecule has 2 nitrogen and oxygen atoms in total. The van der Waals surface area contributed by atoms with E-state index < -0.39 is 0 Å². The second-order valence-corrected chi connectivity index (χ2v) is 5.84. The predicted octanol–water partition coefficient (Wildman–Crippen LogP) is 3.47. The number of ether oxygens (including phenoxy) is 1. The maximum absolute atomic E-state index is 5.80. The van der Waals surface area contributed by atoms with E-state index in [-0.39, 0.29) is 6.04 Å². The molecular weight excluding hydrogens is 230 g/mol. The summed E-state index contributed by atoms with van der Waals surface area (Å²) in [6.45, 7) is 8.00. The monoisotopic (exact) mass is 253 g/mol. The van der Waals surface area contributed by atoms with Crippen molar-refractivity contribution >= 4 is 11.8 Å². The van der Waals surface area contributed by atoms with Crippen LogP contribution in [-0.4, -0.2) is 19.0 Å². The van der Waals surface area contributed by atoms with Crippen molar-refractivity contribution < 1.29 is 4.74 Å². The highest BCUT2D eigenvalue weighted by Crippen LogP contribution is 2.20. The first-order valence-corrected chi connectivity index (χ1v) is 7.14. The number of thioether (sulfide) groups is 1. The summed E-state index contributed by atoms with van der Waals surface area (Å²) in [7, 11) is 0. The smallest absolute Gasteiger partial charge is 0.0560 e. The molecule has 0 aromatic heterocycles. The first kappa shape index (κ1) is 14.6. The lowest BCUT2D eigenvalue weighted by Gasteiger charge is -2.08. The fraction of sp³-hybridized carbons (Fsp3) is 0.571. The van der Waals surface area contributed by atoms with Crippen LogP contribution in [0.15, 0.2) is 29.2 Å². The predicted molar refractivity (Wildman–Crippen MR) is 75.4 cm³/mol. The molecule has 3 heteroatoms. The molecule has 0 aliphatic carbocycles. The first-order valence-electron chi connectivity index (χ1n) is 6.15. The molecule has 0 aliphatic heterocycles. The van der Waals surface area contributed by atoms with E-state index in [1.54, 1.807) is 0 Å². The van der Waals surface area contributed by atoms with Gasteiger partial charge in [-0.05, 0) is 30.5 Å². The maximum atomic E-state index is 5.80. The molecule has 0 heterocycles. The molecular formula is C14H23NOS. The van der Waals surface area contributed by atoms with Gasteiger partial charge in [-0.15, -0.1) is 11.8 Å². The Morgan fingerprint density at radius 3 is 2.35 bits per heavy atom. The molecule has 96 valence electrons. The van der Waals surface area contributed by atoms with Crippen LogP contribution in [-0.2, 0) is 4.74 Å². The molecule has 17 heavy (non-hydrogen) atoms. The summed E-state index contributed by atoms with van der Waals surface area (Å²) in [6, 6.07) is 8.57. The van der Waals surface area contributed by atoms with Crippen LogP contribution in [0, 0.1) is 5.92 Å². The van der Waals surface area contributed by atoms with E-state index in [2.05, 4.69) is 38.1 Å². The zero-order chi connectivity index (χ0) is 12.7. The summed E-state index contributed by atoms with van der Waals surface area (Å²) in [5, 5.41) is 0. The molecule has 0 bridgehead atoms. The van der Waals surface area contributed by atoms with Gasteiger partial charge in [0.2, 0.25) is 0 Å². The van der Waals surface area contributed by atoms with Crippen LogP contribution in [0.5, 0.6) is 0 Å². The molecule has 0 aliphatic rings. The van der Waals surface area contributed by atoms with Gasteiger partial charge in [-0.3, -0.25) is 0 Å². The average Bonchev–Trinajstić information content (AvgIpc) is 2.29. The maximum Gasteiger partial charge on any atom is 0.0560 e. The number of hydrogen-bond donors (Lipinski definition) is 1. The van der Waals surface area contributed by atoms with Crippen LogP contribution in [0.25, 0.3) is 0 Å². The van der Waals surface area contributed by atoms with Crippen molar-refractivity contribution in [3.05, 3.63) is 29.8 Å². The van der Waals surface area contributed by atoms with Crippen molar-refractivity contribution in [2.24, 2.45) is 11.7 Å². The normalized spacial score (nSPS) is 13.0. The van der Waals surface area contributed by atoms with Gasteiger partial charge in [0.15, 0.2) is 0 Å². The molecule has 1 atom stereocenters. The number of rotatable bonds is 7. The molecule has 1 aromatic carbocycles. The van der Waals surface area contributed by atoms with Gasteiger partial charge < -0.3 is 10.5 Å². The molecule has 1 aromatic rings. The SMILES string of the molecule is CC(C)COCCSc1ccc(C(C)N)cc1. The minimum absolute atomic E-state index is 0.114. The number of nitrogens with two attached hydrogens (primary N) is 1. The van der Waals surface area contributed by atoms with E-state index in [1.807, 2.05) is 18.7 Å². The lowest BCUT2D eigenvalue weighted by Crippen LogP contribution is -2.05. The second kappa shape index (κ2) is 7.75. The fourth-order valence-corrected chi connectivity index (χ4v) is 2.17. The summed E-state index contributed by atoms with van der Waals surface area (Å²) < 4.78 is 5.54. The van der Waals surface area contributed by atoms with Crippen molar-refractivity contribution in [2.75, 3.05) is 19.0 Å². The molecule has 0 fully saturated rings. The van der Waals surface area contributed by atoms with Crippen molar-refractivity contribution in [3.63, 3.8) is 0 Å². The third kappa shape index (κ3) is 6.10. The van der Waals surface area contributed by atoms with Gasteiger partial charge in [-0.1, -0.05) is 26.0 Å². The lowest BCUT2D eigenvalue weighted by atomic mass is 10.1. The van der Waals surface area contributed by atoms with E-state index in [9.17, 15) is 0 Å². The number of benzene rings is 1. The fourth-order valence-electron chi connectivity index (χ4n) is 1.41. The quantitative estimate of drug-likeness (QED) is 0.597. The van der Waals surface area contributed by atoms with E-state index in [0.29, 0.717) is 5.92 Å². The van der Waals surface area contributed by atoms with Crippen molar-refractivity contribution in [2.45, 2.75) is 31.7 Å². The Kier molecular flexibility index (Phi) is 6.63. The van der Waals surface area contributed by atoms with Gasteiger partial charge >= 0.3 is 0 Å². The highest BCUT2D eigenvalue weighted by molar-refractivity contribution is 7.99. The molecule has 0 radical (unpaired) electrons. The molecule has 0 saturated heterocycles. The second-order valence-electron chi connectivity index (χ2n) is 4.67. The van der Waals surface area contributed by atoms with Gasteiger partial charge in [0.05, 0.1) is 6.61 Å². The Bertz CT molecular complexity index is 309. The standard InChI is InChI=1S/C14H23NOS/c1-11(2)10-16-8-9-17-14-6-4-13(5-7-14)12(3)15/h4-7,11-12H,8-10,15H2,1-3H3. The van der Waals surface area contributed by atoms with Crippen LogP contribution in [0.4, 0.5) is 0 Å². The Morgan fingerprint density at radius 1 is 1.18 bits per heavy atom. The van der Waals surface area contributed by atoms with Gasteiger partial charge in [-0.2, -0.15) is 0 Å². The topological polar surface area (TPSA) is 35.2 Å². The van der Waals surface area contributed by atoms with Crippen LogP contribution in [0.3, 0.4) is 0 Å². The Hall–Kier alpha value is -0.510. The largest absolute Gasteiger partial charge is 0.380 e. The van der Waals surface area contributed by atoms with Gasteiger partial charge in [0, 0.05) is 23.3 Å². The van der Waals surface area contributed by atoms with E-state index in [0.717, 1.165) is 19.0 Å². The summed E-state index contributed by atoms with van der Waals surface area (Å²) in [5.41, 5.74) is 6.99. The molecule has 0 spiro atoms. The number of hydrogen-bond acceptors (Lipinski definition) is 3. The molecule has 2 N–H and O–H groups in total. The first-order chi connectivity index (χ1) is 8.09. The van der Waals surface area contributed by atoms with E-state index in [1.165, 1.54) is 10.5 Å². The van der Waals surface area contributed by atoms with Gasteiger partial charge in [0.25, 0.3) is 0 Å². The van der Waals surface area contributed by atoms with E-state index >= 15 is 0 Å².